The largest absolute Gasteiger partial charge is 0.207 e. The molecule has 0 nitrogen and oxygen atoms in total. The summed E-state index contributed by atoms with van der Waals surface area (Å²) >= 11 is 0. The maximum absolute atomic E-state index is 13.6. The molecule has 0 unspecified atom stereocenters. The summed E-state index contributed by atoms with van der Waals surface area (Å²) in [5.41, 5.74) is 4.25. The van der Waals surface area contributed by atoms with E-state index in [1.807, 2.05) is 12.1 Å². The van der Waals surface area contributed by atoms with Crippen LogP contribution in [0.1, 0.15) is 74.5 Å². The van der Waals surface area contributed by atoms with E-state index in [0.29, 0.717) is 11.8 Å². The van der Waals surface area contributed by atoms with Crippen LogP contribution < -0.4 is 0 Å². The number of unbranched alkanes of at least 4 members (excludes halogenated alkanes) is 4. The maximum Gasteiger partial charge on any atom is 0.123 e. The SMILES string of the molecule is CCCCCCC[C@@H]1CCc2c(ccc3ccccc23)[C@H]1c1ccc(F)cc1. The molecule has 0 heterocycles. The van der Waals surface area contributed by atoms with E-state index >= 15 is 0 Å². The second-order valence-corrected chi connectivity index (χ2v) is 8.39. The molecule has 2 atom stereocenters. The van der Waals surface area contributed by atoms with Crippen LogP contribution in [0.15, 0.2) is 60.7 Å². The van der Waals surface area contributed by atoms with Gasteiger partial charge in [0.05, 0.1) is 0 Å². The smallest absolute Gasteiger partial charge is 0.123 e. The molecule has 0 N–H and O–H groups in total. The molecule has 146 valence electrons. The maximum atomic E-state index is 13.6. The lowest BCUT2D eigenvalue weighted by Gasteiger charge is -2.35. The molecule has 0 amide bonds. The fourth-order valence-corrected chi connectivity index (χ4v) is 5.12. The third-order valence-electron chi connectivity index (χ3n) is 6.56. The minimum atomic E-state index is -0.144. The average molecular weight is 375 g/mol. The average Bonchev–Trinajstić information content (AvgIpc) is 2.74. The normalized spacial score (nSPS) is 18.9. The third-order valence-corrected chi connectivity index (χ3v) is 6.56. The topological polar surface area (TPSA) is 0 Å². The molecule has 3 aromatic rings. The second-order valence-electron chi connectivity index (χ2n) is 8.39. The molecular formula is C27H31F. The Bertz CT molecular complexity index is 909. The minimum absolute atomic E-state index is 0.144. The summed E-state index contributed by atoms with van der Waals surface area (Å²) in [6.07, 6.45) is 10.3. The van der Waals surface area contributed by atoms with Gasteiger partial charge in [0.2, 0.25) is 0 Å². The van der Waals surface area contributed by atoms with Crippen molar-refractivity contribution in [3.05, 3.63) is 83.2 Å². The summed E-state index contributed by atoms with van der Waals surface area (Å²) < 4.78 is 13.6. The first kappa shape index (κ1) is 19.2. The van der Waals surface area contributed by atoms with Crippen molar-refractivity contribution in [3.63, 3.8) is 0 Å². The van der Waals surface area contributed by atoms with E-state index in [9.17, 15) is 4.39 Å². The van der Waals surface area contributed by atoms with Crippen LogP contribution in [0.2, 0.25) is 0 Å². The molecule has 0 aromatic heterocycles. The molecule has 0 fully saturated rings. The second kappa shape index (κ2) is 8.90. The van der Waals surface area contributed by atoms with Crippen molar-refractivity contribution in [2.75, 3.05) is 0 Å². The van der Waals surface area contributed by atoms with Gasteiger partial charge in [0, 0.05) is 5.92 Å². The van der Waals surface area contributed by atoms with Gasteiger partial charge in [-0.3, -0.25) is 0 Å². The fraction of sp³-hybridized carbons (Fsp3) is 0.407. The summed E-state index contributed by atoms with van der Waals surface area (Å²) in [6, 6.07) is 20.6. The van der Waals surface area contributed by atoms with E-state index in [0.717, 1.165) is 6.42 Å². The Morgan fingerprint density at radius 2 is 1.64 bits per heavy atom. The first-order valence-corrected chi connectivity index (χ1v) is 11.0. The Hall–Kier alpha value is -2.15. The number of halogens is 1. The van der Waals surface area contributed by atoms with E-state index in [-0.39, 0.29) is 5.82 Å². The Balaban J connectivity index is 1.67. The molecular weight excluding hydrogens is 343 g/mol. The Morgan fingerprint density at radius 1 is 0.857 bits per heavy atom. The standard InChI is InChI=1S/C27H31F/c1-2-3-4-5-6-10-21-15-18-25-24-11-8-7-9-20(24)14-19-26(25)27(21)22-12-16-23(28)17-13-22/h7-9,11-14,16-17,19,21,27H,2-6,10,15,18H2,1H3/t21-,27-/m1/s1. The summed E-state index contributed by atoms with van der Waals surface area (Å²) in [5.74, 6) is 0.898. The molecule has 0 aliphatic heterocycles. The highest BCUT2D eigenvalue weighted by Gasteiger charge is 2.31. The lowest BCUT2D eigenvalue weighted by atomic mass is 9.69. The zero-order valence-electron chi connectivity index (χ0n) is 17.0. The van der Waals surface area contributed by atoms with Gasteiger partial charge in [-0.15, -0.1) is 0 Å². The van der Waals surface area contributed by atoms with Gasteiger partial charge in [0.25, 0.3) is 0 Å². The number of fused-ring (bicyclic) bond motifs is 3. The highest BCUT2D eigenvalue weighted by atomic mass is 19.1. The number of hydrogen-bond acceptors (Lipinski definition) is 0. The first-order chi connectivity index (χ1) is 13.8. The Kier molecular flexibility index (Phi) is 6.10. The first-order valence-electron chi connectivity index (χ1n) is 11.0. The summed E-state index contributed by atoms with van der Waals surface area (Å²) in [6.45, 7) is 2.27. The lowest BCUT2D eigenvalue weighted by Crippen LogP contribution is -2.22. The molecule has 28 heavy (non-hydrogen) atoms. The zero-order valence-corrected chi connectivity index (χ0v) is 17.0. The summed E-state index contributed by atoms with van der Waals surface area (Å²) in [7, 11) is 0. The van der Waals surface area contributed by atoms with Gasteiger partial charge in [0.15, 0.2) is 0 Å². The van der Waals surface area contributed by atoms with Gasteiger partial charge >= 0.3 is 0 Å². The van der Waals surface area contributed by atoms with Crippen LogP contribution in [0.4, 0.5) is 4.39 Å². The van der Waals surface area contributed by atoms with E-state index < -0.39 is 0 Å². The van der Waals surface area contributed by atoms with Gasteiger partial charge in [-0.25, -0.2) is 4.39 Å². The number of benzene rings is 3. The predicted octanol–water partition coefficient (Wildman–Crippen LogP) is 8.03. The molecule has 0 radical (unpaired) electrons. The molecule has 0 saturated carbocycles. The van der Waals surface area contributed by atoms with Crippen LogP contribution in [0.25, 0.3) is 10.8 Å². The van der Waals surface area contributed by atoms with Crippen molar-refractivity contribution in [2.24, 2.45) is 5.92 Å². The van der Waals surface area contributed by atoms with Crippen molar-refractivity contribution in [3.8, 4) is 0 Å². The van der Waals surface area contributed by atoms with Crippen molar-refractivity contribution >= 4 is 10.8 Å². The van der Waals surface area contributed by atoms with E-state index in [1.54, 1.807) is 12.1 Å². The Labute approximate surface area is 168 Å². The molecule has 3 aromatic carbocycles. The van der Waals surface area contributed by atoms with Crippen molar-refractivity contribution in [2.45, 2.75) is 64.2 Å². The van der Waals surface area contributed by atoms with Crippen molar-refractivity contribution < 1.29 is 4.39 Å². The van der Waals surface area contributed by atoms with Crippen molar-refractivity contribution in [1.82, 2.24) is 0 Å². The van der Waals surface area contributed by atoms with Crippen LogP contribution in [0.3, 0.4) is 0 Å². The van der Waals surface area contributed by atoms with E-state index in [1.165, 1.54) is 72.4 Å². The molecule has 0 spiro atoms. The quantitative estimate of drug-likeness (QED) is 0.367. The Morgan fingerprint density at radius 3 is 2.46 bits per heavy atom. The number of rotatable bonds is 7. The molecule has 1 aliphatic rings. The minimum Gasteiger partial charge on any atom is -0.207 e. The van der Waals surface area contributed by atoms with Gasteiger partial charge in [-0.1, -0.05) is 87.6 Å². The van der Waals surface area contributed by atoms with Crippen molar-refractivity contribution in [1.29, 1.82) is 0 Å². The number of aryl methyl sites for hydroxylation is 1. The number of hydrogen-bond donors (Lipinski definition) is 0. The molecule has 0 saturated heterocycles. The fourth-order valence-electron chi connectivity index (χ4n) is 5.12. The van der Waals surface area contributed by atoms with Gasteiger partial charge in [-0.2, -0.15) is 0 Å². The van der Waals surface area contributed by atoms with Gasteiger partial charge in [0.1, 0.15) is 5.82 Å². The molecule has 4 rings (SSSR count). The molecule has 1 heteroatoms. The van der Waals surface area contributed by atoms with Crippen LogP contribution in [0, 0.1) is 11.7 Å². The summed E-state index contributed by atoms with van der Waals surface area (Å²) in [4.78, 5) is 0. The van der Waals surface area contributed by atoms with E-state index in [2.05, 4.69) is 43.3 Å². The zero-order chi connectivity index (χ0) is 19.3. The van der Waals surface area contributed by atoms with Crippen LogP contribution in [0.5, 0.6) is 0 Å². The molecule has 1 aliphatic carbocycles. The lowest BCUT2D eigenvalue weighted by molar-refractivity contribution is 0.367. The summed E-state index contributed by atoms with van der Waals surface area (Å²) in [5, 5.41) is 2.73. The van der Waals surface area contributed by atoms with Gasteiger partial charge < -0.3 is 0 Å². The molecule has 0 bridgehead atoms. The van der Waals surface area contributed by atoms with E-state index in [4.69, 9.17) is 0 Å². The van der Waals surface area contributed by atoms with Crippen LogP contribution in [-0.4, -0.2) is 0 Å². The van der Waals surface area contributed by atoms with Crippen LogP contribution >= 0.6 is 0 Å². The highest BCUT2D eigenvalue weighted by molar-refractivity contribution is 5.87. The van der Waals surface area contributed by atoms with Gasteiger partial charge in [-0.05, 0) is 64.8 Å². The monoisotopic (exact) mass is 374 g/mol. The highest BCUT2D eigenvalue weighted by Crippen LogP contribution is 2.45. The predicted molar refractivity (Wildman–Crippen MR) is 117 cm³/mol. The third kappa shape index (κ3) is 3.99. The van der Waals surface area contributed by atoms with Crippen LogP contribution in [-0.2, 0) is 6.42 Å².